The van der Waals surface area contributed by atoms with Gasteiger partial charge in [0.1, 0.15) is 0 Å². The first kappa shape index (κ1) is 15.6. The van der Waals surface area contributed by atoms with Crippen LogP contribution in [0.25, 0.3) is 0 Å². The number of nitrogens with zero attached hydrogens (tertiary/aromatic N) is 3. The summed E-state index contributed by atoms with van der Waals surface area (Å²) in [6.45, 7) is 11.2. The largest absolute Gasteiger partial charge is 0.298 e. The molecule has 0 N–H and O–H groups in total. The molecule has 1 aliphatic rings. The summed E-state index contributed by atoms with van der Waals surface area (Å²) in [5.74, 6) is 0. The number of hydrogen-bond donors (Lipinski definition) is 0. The maximum Gasteiger partial charge on any atom is 0.0596 e. The Morgan fingerprint density at radius 2 is 2.05 bits per heavy atom. The van der Waals surface area contributed by atoms with Gasteiger partial charge in [-0.05, 0) is 52.5 Å². The van der Waals surface area contributed by atoms with Crippen molar-refractivity contribution >= 4 is 0 Å². The van der Waals surface area contributed by atoms with Crippen LogP contribution in [-0.4, -0.2) is 33.3 Å². The molecule has 0 aliphatic heterocycles. The van der Waals surface area contributed by atoms with Crippen molar-refractivity contribution in [3.63, 3.8) is 0 Å². The van der Waals surface area contributed by atoms with Crippen LogP contribution in [0.3, 0.4) is 0 Å². The van der Waals surface area contributed by atoms with E-state index in [-0.39, 0.29) is 0 Å². The topological polar surface area (TPSA) is 21.1 Å². The zero-order valence-corrected chi connectivity index (χ0v) is 13.7. The highest BCUT2D eigenvalue weighted by Gasteiger charge is 2.25. The maximum atomic E-state index is 4.57. The van der Waals surface area contributed by atoms with Gasteiger partial charge < -0.3 is 0 Å². The van der Waals surface area contributed by atoms with Gasteiger partial charge in [0.15, 0.2) is 0 Å². The molecule has 1 unspecified atom stereocenters. The lowest BCUT2D eigenvalue weighted by Crippen LogP contribution is -2.41. The minimum absolute atomic E-state index is 0.721. The van der Waals surface area contributed by atoms with E-state index < -0.39 is 0 Å². The lowest BCUT2D eigenvalue weighted by molar-refractivity contribution is 0.137. The SMILES string of the molecule is CCC(C)N(CCCn1nc(C)cc1C)C1CCCC1. The molecule has 1 fully saturated rings. The van der Waals surface area contributed by atoms with Crippen LogP contribution in [0.2, 0.25) is 0 Å². The fourth-order valence-electron chi connectivity index (χ4n) is 3.54. The second kappa shape index (κ2) is 7.26. The quantitative estimate of drug-likeness (QED) is 0.753. The first-order valence-electron chi connectivity index (χ1n) is 8.38. The Hall–Kier alpha value is -0.830. The van der Waals surface area contributed by atoms with Crippen LogP contribution in [0.15, 0.2) is 6.07 Å². The summed E-state index contributed by atoms with van der Waals surface area (Å²) in [6.07, 6.45) is 8.14. The molecular formula is C17H31N3. The molecule has 1 atom stereocenters. The van der Waals surface area contributed by atoms with E-state index >= 15 is 0 Å². The molecule has 20 heavy (non-hydrogen) atoms. The van der Waals surface area contributed by atoms with Crippen LogP contribution in [0.4, 0.5) is 0 Å². The summed E-state index contributed by atoms with van der Waals surface area (Å²) in [7, 11) is 0. The highest BCUT2D eigenvalue weighted by atomic mass is 15.3. The maximum absolute atomic E-state index is 4.57. The fraction of sp³-hybridized carbons (Fsp3) is 0.824. The molecule has 114 valence electrons. The van der Waals surface area contributed by atoms with Crippen LogP contribution in [-0.2, 0) is 6.54 Å². The average molecular weight is 277 g/mol. The van der Waals surface area contributed by atoms with E-state index in [0.29, 0.717) is 0 Å². The third kappa shape index (κ3) is 3.85. The Morgan fingerprint density at radius 1 is 1.35 bits per heavy atom. The first-order chi connectivity index (χ1) is 9.61. The van der Waals surface area contributed by atoms with Crippen molar-refractivity contribution in [2.45, 2.75) is 84.8 Å². The lowest BCUT2D eigenvalue weighted by atomic mass is 10.1. The second-order valence-corrected chi connectivity index (χ2v) is 6.44. The number of hydrogen-bond acceptors (Lipinski definition) is 2. The first-order valence-corrected chi connectivity index (χ1v) is 8.38. The summed E-state index contributed by atoms with van der Waals surface area (Å²) in [4.78, 5) is 2.76. The van der Waals surface area contributed by atoms with Crippen molar-refractivity contribution < 1.29 is 0 Å². The van der Waals surface area contributed by atoms with Gasteiger partial charge in [-0.2, -0.15) is 5.10 Å². The van der Waals surface area contributed by atoms with Crippen molar-refractivity contribution in [3.8, 4) is 0 Å². The van der Waals surface area contributed by atoms with Crippen molar-refractivity contribution in [1.29, 1.82) is 0 Å². The molecule has 1 aromatic heterocycles. The molecular weight excluding hydrogens is 246 g/mol. The standard InChI is InChI=1S/C17H31N3/c1-5-15(3)19(17-9-6-7-10-17)11-8-12-20-16(4)13-14(2)18-20/h13,15,17H,5-12H2,1-4H3. The van der Waals surface area contributed by atoms with Crippen molar-refractivity contribution in [2.75, 3.05) is 6.54 Å². The van der Waals surface area contributed by atoms with Gasteiger partial charge in [0.25, 0.3) is 0 Å². The molecule has 1 aromatic rings. The van der Waals surface area contributed by atoms with E-state index in [1.807, 2.05) is 0 Å². The molecule has 2 rings (SSSR count). The Morgan fingerprint density at radius 3 is 2.60 bits per heavy atom. The molecule has 0 amide bonds. The van der Waals surface area contributed by atoms with Gasteiger partial charge in [0.05, 0.1) is 5.69 Å². The zero-order chi connectivity index (χ0) is 14.5. The average Bonchev–Trinajstić information content (AvgIpc) is 3.04. The van der Waals surface area contributed by atoms with Crippen LogP contribution in [0.5, 0.6) is 0 Å². The Balaban J connectivity index is 1.86. The third-order valence-electron chi connectivity index (χ3n) is 4.84. The third-order valence-corrected chi connectivity index (χ3v) is 4.84. The molecule has 0 radical (unpaired) electrons. The normalized spacial score (nSPS) is 18.1. The molecule has 0 aromatic carbocycles. The zero-order valence-electron chi connectivity index (χ0n) is 13.7. The molecule has 3 nitrogen and oxygen atoms in total. The molecule has 0 bridgehead atoms. The van der Waals surface area contributed by atoms with Gasteiger partial charge in [0.2, 0.25) is 0 Å². The smallest absolute Gasteiger partial charge is 0.0596 e. The summed E-state index contributed by atoms with van der Waals surface area (Å²) >= 11 is 0. The van der Waals surface area contributed by atoms with Crippen LogP contribution >= 0.6 is 0 Å². The number of aromatic nitrogens is 2. The van der Waals surface area contributed by atoms with E-state index in [1.54, 1.807) is 0 Å². The number of rotatable bonds is 7. The Bertz CT molecular complexity index is 404. The summed E-state index contributed by atoms with van der Waals surface area (Å²) in [6, 6.07) is 3.73. The molecule has 1 aliphatic carbocycles. The minimum atomic E-state index is 0.721. The predicted molar refractivity (Wildman–Crippen MR) is 85.0 cm³/mol. The Labute approximate surface area is 124 Å². The van der Waals surface area contributed by atoms with Gasteiger partial charge in [-0.25, -0.2) is 0 Å². The fourth-order valence-corrected chi connectivity index (χ4v) is 3.54. The lowest BCUT2D eigenvalue weighted by Gasteiger charge is -2.34. The van der Waals surface area contributed by atoms with E-state index in [0.717, 1.165) is 24.3 Å². The van der Waals surface area contributed by atoms with Crippen LogP contribution < -0.4 is 0 Å². The van der Waals surface area contributed by atoms with Crippen LogP contribution in [0.1, 0.15) is 63.8 Å². The summed E-state index contributed by atoms with van der Waals surface area (Å²) in [5, 5.41) is 4.57. The summed E-state index contributed by atoms with van der Waals surface area (Å²) < 4.78 is 2.17. The van der Waals surface area contributed by atoms with Gasteiger partial charge >= 0.3 is 0 Å². The van der Waals surface area contributed by atoms with Gasteiger partial charge in [-0.15, -0.1) is 0 Å². The van der Waals surface area contributed by atoms with Gasteiger partial charge in [0, 0.05) is 30.9 Å². The molecule has 1 saturated carbocycles. The van der Waals surface area contributed by atoms with E-state index in [9.17, 15) is 0 Å². The number of aryl methyl sites for hydroxylation is 3. The molecule has 3 heteroatoms. The molecule has 0 spiro atoms. The minimum Gasteiger partial charge on any atom is -0.298 e. The van der Waals surface area contributed by atoms with E-state index in [1.165, 1.54) is 50.8 Å². The predicted octanol–water partition coefficient (Wildman–Crippen LogP) is 3.93. The van der Waals surface area contributed by atoms with E-state index in [2.05, 4.69) is 48.4 Å². The molecule has 0 saturated heterocycles. The van der Waals surface area contributed by atoms with Crippen LogP contribution in [0, 0.1) is 13.8 Å². The second-order valence-electron chi connectivity index (χ2n) is 6.44. The van der Waals surface area contributed by atoms with Gasteiger partial charge in [-0.3, -0.25) is 9.58 Å². The van der Waals surface area contributed by atoms with Crippen molar-refractivity contribution in [3.05, 3.63) is 17.5 Å². The highest BCUT2D eigenvalue weighted by Crippen LogP contribution is 2.26. The van der Waals surface area contributed by atoms with Crippen molar-refractivity contribution in [2.24, 2.45) is 0 Å². The molecule has 1 heterocycles. The van der Waals surface area contributed by atoms with E-state index in [4.69, 9.17) is 0 Å². The monoisotopic (exact) mass is 277 g/mol. The Kier molecular flexibility index (Phi) is 5.64. The highest BCUT2D eigenvalue weighted by molar-refractivity contribution is 5.06. The summed E-state index contributed by atoms with van der Waals surface area (Å²) in [5.41, 5.74) is 2.43. The van der Waals surface area contributed by atoms with Gasteiger partial charge in [-0.1, -0.05) is 19.8 Å². The van der Waals surface area contributed by atoms with Crippen molar-refractivity contribution in [1.82, 2.24) is 14.7 Å².